The number of ether oxygens (including phenoxy) is 1. The molecule has 1 nitrogen and oxygen atoms in total. The van der Waals surface area contributed by atoms with Crippen molar-refractivity contribution >= 4 is 0 Å². The third kappa shape index (κ3) is 2.70. The average molecular weight is 270 g/mol. The van der Waals surface area contributed by atoms with Crippen molar-refractivity contribution in [1.82, 2.24) is 0 Å². The summed E-state index contributed by atoms with van der Waals surface area (Å²) in [5.74, 6) is -0.540. The number of halogens is 4. The topological polar surface area (TPSA) is 9.23 Å². The van der Waals surface area contributed by atoms with Crippen LogP contribution in [0, 0.1) is 5.82 Å². The van der Waals surface area contributed by atoms with E-state index in [2.05, 4.69) is 0 Å². The maximum Gasteiger partial charge on any atom is 0.416 e. The molecule has 100 valence electrons. The van der Waals surface area contributed by atoms with E-state index in [9.17, 15) is 17.6 Å². The van der Waals surface area contributed by atoms with Crippen molar-refractivity contribution in [2.75, 3.05) is 7.11 Å². The number of alkyl halides is 3. The quantitative estimate of drug-likeness (QED) is 0.729. The van der Waals surface area contributed by atoms with Gasteiger partial charge in [0.05, 0.1) is 12.7 Å². The Labute approximate surface area is 107 Å². The molecule has 0 aliphatic carbocycles. The fraction of sp³-hybridized carbons (Fsp3) is 0.143. The van der Waals surface area contributed by atoms with E-state index >= 15 is 0 Å². The maximum absolute atomic E-state index is 13.9. The van der Waals surface area contributed by atoms with Crippen LogP contribution in [0.15, 0.2) is 42.5 Å². The molecule has 19 heavy (non-hydrogen) atoms. The Morgan fingerprint density at radius 3 is 2.11 bits per heavy atom. The first kappa shape index (κ1) is 13.4. The fourth-order valence-electron chi connectivity index (χ4n) is 1.73. The van der Waals surface area contributed by atoms with Crippen molar-refractivity contribution in [3.05, 3.63) is 53.8 Å². The van der Waals surface area contributed by atoms with Gasteiger partial charge >= 0.3 is 6.18 Å². The van der Waals surface area contributed by atoms with Gasteiger partial charge in [0.2, 0.25) is 0 Å². The molecule has 0 unspecified atom stereocenters. The highest BCUT2D eigenvalue weighted by Crippen LogP contribution is 2.33. The molecule has 2 rings (SSSR count). The Hall–Kier alpha value is -2.04. The summed E-state index contributed by atoms with van der Waals surface area (Å²) in [6.45, 7) is 0. The van der Waals surface area contributed by atoms with Gasteiger partial charge in [0, 0.05) is 5.56 Å². The van der Waals surface area contributed by atoms with Gasteiger partial charge in [0.25, 0.3) is 0 Å². The minimum absolute atomic E-state index is 0.0531. The highest BCUT2D eigenvalue weighted by Gasteiger charge is 2.30. The molecule has 0 N–H and O–H groups in total. The molecule has 0 atom stereocenters. The molecular weight excluding hydrogens is 260 g/mol. The zero-order valence-electron chi connectivity index (χ0n) is 9.96. The van der Waals surface area contributed by atoms with E-state index in [0.717, 1.165) is 12.1 Å². The van der Waals surface area contributed by atoms with Crippen LogP contribution in [0.5, 0.6) is 5.75 Å². The van der Waals surface area contributed by atoms with E-state index in [4.69, 9.17) is 4.74 Å². The monoisotopic (exact) mass is 270 g/mol. The minimum Gasteiger partial charge on any atom is -0.494 e. The Morgan fingerprint density at radius 1 is 0.947 bits per heavy atom. The van der Waals surface area contributed by atoms with Crippen molar-refractivity contribution < 1.29 is 22.3 Å². The molecule has 0 saturated carbocycles. The highest BCUT2D eigenvalue weighted by molar-refractivity contribution is 5.66. The minimum atomic E-state index is -4.40. The SMILES string of the molecule is COc1cccc(-c2ccc(C(F)(F)F)cc2)c1F. The second kappa shape index (κ2) is 4.91. The molecule has 0 bridgehead atoms. The third-order valence-corrected chi connectivity index (χ3v) is 2.71. The van der Waals surface area contributed by atoms with Crippen molar-refractivity contribution in [1.29, 1.82) is 0 Å². The van der Waals surface area contributed by atoms with E-state index in [1.165, 1.54) is 31.4 Å². The maximum atomic E-state index is 13.9. The first-order valence-electron chi connectivity index (χ1n) is 5.43. The van der Waals surface area contributed by atoms with Gasteiger partial charge in [0.15, 0.2) is 11.6 Å². The number of benzene rings is 2. The molecule has 0 amide bonds. The second-order valence-electron chi connectivity index (χ2n) is 3.90. The molecule has 2 aromatic rings. The van der Waals surface area contributed by atoms with Gasteiger partial charge in [-0.2, -0.15) is 13.2 Å². The van der Waals surface area contributed by atoms with Crippen LogP contribution in [-0.4, -0.2) is 7.11 Å². The summed E-state index contributed by atoms with van der Waals surface area (Å²) in [6.07, 6.45) is -4.40. The predicted octanol–water partition coefficient (Wildman–Crippen LogP) is 4.52. The summed E-state index contributed by atoms with van der Waals surface area (Å²) in [5, 5.41) is 0. The van der Waals surface area contributed by atoms with E-state index < -0.39 is 17.6 Å². The van der Waals surface area contributed by atoms with E-state index in [1.807, 2.05) is 0 Å². The molecule has 2 aromatic carbocycles. The highest BCUT2D eigenvalue weighted by atomic mass is 19.4. The number of methoxy groups -OCH3 is 1. The van der Waals surface area contributed by atoms with Crippen LogP contribution in [0.1, 0.15) is 5.56 Å². The first-order valence-corrected chi connectivity index (χ1v) is 5.43. The van der Waals surface area contributed by atoms with E-state index in [-0.39, 0.29) is 11.3 Å². The largest absolute Gasteiger partial charge is 0.494 e. The standard InChI is InChI=1S/C14H10F4O/c1-19-12-4-2-3-11(13(12)15)9-5-7-10(8-6-9)14(16,17)18/h2-8H,1H3. The molecule has 5 heteroatoms. The second-order valence-corrected chi connectivity index (χ2v) is 3.90. The summed E-state index contributed by atoms with van der Waals surface area (Å²) in [6, 6.07) is 8.84. The van der Waals surface area contributed by atoms with Crippen LogP contribution in [0.25, 0.3) is 11.1 Å². The number of hydrogen-bond donors (Lipinski definition) is 0. The van der Waals surface area contributed by atoms with Crippen molar-refractivity contribution in [3.63, 3.8) is 0 Å². The zero-order valence-corrected chi connectivity index (χ0v) is 9.96. The summed E-state index contributed by atoms with van der Waals surface area (Å²) >= 11 is 0. The van der Waals surface area contributed by atoms with Gasteiger partial charge < -0.3 is 4.74 Å². The van der Waals surface area contributed by atoms with Crippen LogP contribution < -0.4 is 4.74 Å². The Bertz CT molecular complexity index is 573. The molecule has 0 aromatic heterocycles. The zero-order chi connectivity index (χ0) is 14.0. The summed E-state index contributed by atoms with van der Waals surface area (Å²) in [7, 11) is 1.33. The molecule has 0 heterocycles. The molecule has 0 fully saturated rings. The van der Waals surface area contributed by atoms with Gasteiger partial charge in [-0.3, -0.25) is 0 Å². The van der Waals surface area contributed by atoms with Gasteiger partial charge in [-0.05, 0) is 23.8 Å². The molecule has 0 radical (unpaired) electrons. The van der Waals surface area contributed by atoms with E-state index in [0.29, 0.717) is 5.56 Å². The van der Waals surface area contributed by atoms with Crippen molar-refractivity contribution in [3.8, 4) is 16.9 Å². The van der Waals surface area contributed by atoms with Crippen LogP contribution in [-0.2, 0) is 6.18 Å². The van der Waals surface area contributed by atoms with E-state index in [1.54, 1.807) is 6.07 Å². The normalized spacial score (nSPS) is 11.4. The van der Waals surface area contributed by atoms with Gasteiger partial charge in [0.1, 0.15) is 0 Å². The predicted molar refractivity (Wildman–Crippen MR) is 63.4 cm³/mol. The molecular formula is C14H10F4O. The fourth-order valence-corrected chi connectivity index (χ4v) is 1.73. The van der Waals surface area contributed by atoms with Gasteiger partial charge in [-0.1, -0.05) is 24.3 Å². The molecule has 0 aliphatic heterocycles. The molecule has 0 spiro atoms. The van der Waals surface area contributed by atoms with Crippen LogP contribution >= 0.6 is 0 Å². The number of rotatable bonds is 2. The number of hydrogen-bond acceptors (Lipinski definition) is 1. The van der Waals surface area contributed by atoms with Crippen molar-refractivity contribution in [2.24, 2.45) is 0 Å². The lowest BCUT2D eigenvalue weighted by Gasteiger charge is -2.10. The van der Waals surface area contributed by atoms with Gasteiger partial charge in [-0.15, -0.1) is 0 Å². The van der Waals surface area contributed by atoms with Crippen LogP contribution in [0.3, 0.4) is 0 Å². The summed E-state index contributed by atoms with van der Waals surface area (Å²) in [5.41, 5.74) is -0.197. The Morgan fingerprint density at radius 2 is 1.58 bits per heavy atom. The first-order chi connectivity index (χ1) is 8.93. The van der Waals surface area contributed by atoms with Crippen LogP contribution in [0.4, 0.5) is 17.6 Å². The molecule has 0 aliphatic rings. The molecule has 0 saturated heterocycles. The summed E-state index contributed by atoms with van der Waals surface area (Å²) in [4.78, 5) is 0. The lowest BCUT2D eigenvalue weighted by molar-refractivity contribution is -0.137. The average Bonchev–Trinajstić information content (AvgIpc) is 2.38. The lowest BCUT2D eigenvalue weighted by atomic mass is 10.0. The third-order valence-electron chi connectivity index (χ3n) is 2.71. The van der Waals surface area contributed by atoms with Crippen LogP contribution in [0.2, 0.25) is 0 Å². The van der Waals surface area contributed by atoms with Gasteiger partial charge in [-0.25, -0.2) is 4.39 Å². The van der Waals surface area contributed by atoms with Crippen molar-refractivity contribution in [2.45, 2.75) is 6.18 Å². The Balaban J connectivity index is 2.43. The summed E-state index contributed by atoms with van der Waals surface area (Å²) < 4.78 is 56.1. The Kier molecular flexibility index (Phi) is 3.46. The smallest absolute Gasteiger partial charge is 0.416 e. The lowest BCUT2D eigenvalue weighted by Crippen LogP contribution is -2.04.